The number of benzene rings is 2. The molecule has 2 aromatic carbocycles. The fourth-order valence-corrected chi connectivity index (χ4v) is 2.63. The van der Waals surface area contributed by atoms with Gasteiger partial charge in [-0.25, -0.2) is 4.68 Å². The highest BCUT2D eigenvalue weighted by Gasteiger charge is 2.15. The van der Waals surface area contributed by atoms with E-state index in [1.165, 1.54) is 0 Å². The van der Waals surface area contributed by atoms with Crippen LogP contribution in [0.25, 0.3) is 11.3 Å². The molecule has 0 unspecified atom stereocenters. The molecule has 0 radical (unpaired) electrons. The Morgan fingerprint density at radius 2 is 1.67 bits per heavy atom. The zero-order chi connectivity index (χ0) is 14.5. The van der Waals surface area contributed by atoms with Crippen molar-refractivity contribution in [2.75, 3.05) is 0 Å². The monoisotopic (exact) mass is 292 g/mol. The minimum atomic E-state index is 0.629. The summed E-state index contributed by atoms with van der Waals surface area (Å²) >= 11 is 1.04. The van der Waals surface area contributed by atoms with Crippen LogP contribution in [0.1, 0.15) is 5.56 Å². The molecular formula is C16H12N4S. The minimum Gasteiger partial charge on any atom is -0.239 e. The van der Waals surface area contributed by atoms with Gasteiger partial charge in [-0.2, -0.15) is 5.26 Å². The molecule has 0 amide bonds. The SMILES string of the molecule is N#CSc1nnn(Cc2ccccc2)c1-c1ccccc1. The van der Waals surface area contributed by atoms with Crippen LogP contribution in [0.4, 0.5) is 0 Å². The number of thioether (sulfide) groups is 1. The molecule has 5 heteroatoms. The first-order valence-corrected chi connectivity index (χ1v) is 7.29. The van der Waals surface area contributed by atoms with Gasteiger partial charge in [-0.3, -0.25) is 0 Å². The van der Waals surface area contributed by atoms with Gasteiger partial charge in [-0.05, 0) is 5.56 Å². The third-order valence-electron chi connectivity index (χ3n) is 3.07. The topological polar surface area (TPSA) is 54.5 Å². The van der Waals surface area contributed by atoms with Gasteiger partial charge < -0.3 is 0 Å². The molecule has 102 valence electrons. The van der Waals surface area contributed by atoms with E-state index in [1.807, 2.05) is 65.3 Å². The second-order valence-corrected chi connectivity index (χ2v) is 5.22. The second kappa shape index (κ2) is 6.25. The Labute approximate surface area is 127 Å². The lowest BCUT2D eigenvalue weighted by molar-refractivity contribution is 0.654. The molecule has 0 fully saturated rings. The van der Waals surface area contributed by atoms with E-state index in [4.69, 9.17) is 5.26 Å². The summed E-state index contributed by atoms with van der Waals surface area (Å²) in [6, 6.07) is 20.0. The largest absolute Gasteiger partial charge is 0.239 e. The molecule has 0 spiro atoms. The summed E-state index contributed by atoms with van der Waals surface area (Å²) in [6.07, 6.45) is 0. The van der Waals surface area contributed by atoms with Gasteiger partial charge in [0.05, 0.1) is 6.54 Å². The fourth-order valence-electron chi connectivity index (χ4n) is 2.14. The summed E-state index contributed by atoms with van der Waals surface area (Å²) in [5, 5.41) is 20.0. The van der Waals surface area contributed by atoms with Gasteiger partial charge in [-0.1, -0.05) is 65.9 Å². The van der Waals surface area contributed by atoms with E-state index in [0.717, 1.165) is 28.6 Å². The molecule has 0 saturated carbocycles. The maximum atomic E-state index is 8.93. The molecule has 0 N–H and O–H groups in total. The molecule has 3 aromatic rings. The summed E-state index contributed by atoms with van der Waals surface area (Å²) < 4.78 is 1.84. The van der Waals surface area contributed by atoms with Crippen molar-refractivity contribution >= 4 is 11.8 Å². The predicted octanol–water partition coefficient (Wildman–Crippen LogP) is 3.57. The lowest BCUT2D eigenvalue weighted by Gasteiger charge is -2.07. The quantitative estimate of drug-likeness (QED) is 0.545. The average molecular weight is 292 g/mol. The Morgan fingerprint density at radius 1 is 1.00 bits per heavy atom. The van der Waals surface area contributed by atoms with Crippen LogP contribution in [0.15, 0.2) is 65.7 Å². The third-order valence-corrected chi connectivity index (χ3v) is 3.63. The van der Waals surface area contributed by atoms with E-state index in [-0.39, 0.29) is 0 Å². The van der Waals surface area contributed by atoms with E-state index in [0.29, 0.717) is 11.6 Å². The van der Waals surface area contributed by atoms with Crippen LogP contribution in [-0.2, 0) is 6.54 Å². The number of thiocyanates is 1. The number of nitriles is 1. The minimum absolute atomic E-state index is 0.629. The molecule has 1 aromatic heterocycles. The fraction of sp³-hybridized carbons (Fsp3) is 0.0625. The second-order valence-electron chi connectivity index (χ2n) is 4.45. The molecule has 0 aliphatic rings. The number of rotatable bonds is 4. The Balaban J connectivity index is 2.03. The van der Waals surface area contributed by atoms with E-state index in [1.54, 1.807) is 0 Å². The van der Waals surface area contributed by atoms with Gasteiger partial charge in [0.2, 0.25) is 0 Å². The summed E-state index contributed by atoms with van der Waals surface area (Å²) in [6.45, 7) is 0.629. The molecule has 3 rings (SSSR count). The first-order chi connectivity index (χ1) is 10.4. The van der Waals surface area contributed by atoms with Gasteiger partial charge in [0.15, 0.2) is 5.03 Å². The Hall–Kier alpha value is -2.58. The Morgan fingerprint density at radius 3 is 2.33 bits per heavy atom. The van der Waals surface area contributed by atoms with Crippen molar-refractivity contribution in [3.05, 3.63) is 66.2 Å². The molecule has 0 saturated heterocycles. The van der Waals surface area contributed by atoms with Crippen molar-refractivity contribution in [2.45, 2.75) is 11.6 Å². The first kappa shape index (κ1) is 13.4. The van der Waals surface area contributed by atoms with Gasteiger partial charge in [0.1, 0.15) is 11.1 Å². The lowest BCUT2D eigenvalue weighted by atomic mass is 10.1. The van der Waals surface area contributed by atoms with Gasteiger partial charge >= 0.3 is 0 Å². The lowest BCUT2D eigenvalue weighted by Crippen LogP contribution is -2.04. The van der Waals surface area contributed by atoms with Crippen molar-refractivity contribution in [1.29, 1.82) is 5.26 Å². The summed E-state index contributed by atoms with van der Waals surface area (Å²) in [7, 11) is 0. The molecular weight excluding hydrogens is 280 g/mol. The zero-order valence-corrected chi connectivity index (χ0v) is 12.0. The van der Waals surface area contributed by atoms with E-state index in [2.05, 4.69) is 15.7 Å². The predicted molar refractivity (Wildman–Crippen MR) is 82.5 cm³/mol. The molecule has 21 heavy (non-hydrogen) atoms. The van der Waals surface area contributed by atoms with E-state index in [9.17, 15) is 0 Å². The maximum absolute atomic E-state index is 8.93. The number of aromatic nitrogens is 3. The van der Waals surface area contributed by atoms with Crippen molar-refractivity contribution in [3.63, 3.8) is 0 Å². The average Bonchev–Trinajstić information content (AvgIpc) is 2.92. The van der Waals surface area contributed by atoms with Crippen molar-refractivity contribution in [2.24, 2.45) is 0 Å². The van der Waals surface area contributed by atoms with Crippen LogP contribution in [0.5, 0.6) is 0 Å². The van der Waals surface area contributed by atoms with Crippen LogP contribution >= 0.6 is 11.8 Å². The number of hydrogen-bond donors (Lipinski definition) is 0. The Kier molecular flexibility index (Phi) is 3.99. The van der Waals surface area contributed by atoms with Gasteiger partial charge in [-0.15, -0.1) is 5.10 Å². The first-order valence-electron chi connectivity index (χ1n) is 6.47. The van der Waals surface area contributed by atoms with Crippen LogP contribution < -0.4 is 0 Å². The van der Waals surface area contributed by atoms with Gasteiger partial charge in [0, 0.05) is 17.3 Å². The highest BCUT2D eigenvalue weighted by atomic mass is 32.2. The number of nitrogens with zero attached hydrogens (tertiary/aromatic N) is 4. The van der Waals surface area contributed by atoms with Crippen LogP contribution in [0, 0.1) is 10.7 Å². The maximum Gasteiger partial charge on any atom is 0.161 e. The summed E-state index contributed by atoms with van der Waals surface area (Å²) in [5.74, 6) is 0. The summed E-state index contributed by atoms with van der Waals surface area (Å²) in [5.41, 5.74) is 3.04. The van der Waals surface area contributed by atoms with E-state index >= 15 is 0 Å². The highest BCUT2D eigenvalue weighted by Crippen LogP contribution is 2.29. The van der Waals surface area contributed by atoms with E-state index < -0.39 is 0 Å². The smallest absolute Gasteiger partial charge is 0.161 e. The van der Waals surface area contributed by atoms with Gasteiger partial charge in [0.25, 0.3) is 0 Å². The molecule has 0 bridgehead atoms. The number of hydrogen-bond acceptors (Lipinski definition) is 4. The van der Waals surface area contributed by atoms with Crippen molar-refractivity contribution in [1.82, 2.24) is 15.0 Å². The summed E-state index contributed by atoms with van der Waals surface area (Å²) in [4.78, 5) is 0. The molecule has 0 aliphatic heterocycles. The highest BCUT2D eigenvalue weighted by molar-refractivity contribution is 8.03. The molecule has 0 atom stereocenters. The van der Waals surface area contributed by atoms with Crippen molar-refractivity contribution in [3.8, 4) is 16.7 Å². The molecule has 1 heterocycles. The van der Waals surface area contributed by atoms with Crippen LogP contribution in [0.2, 0.25) is 0 Å². The van der Waals surface area contributed by atoms with Crippen LogP contribution in [-0.4, -0.2) is 15.0 Å². The van der Waals surface area contributed by atoms with Crippen LogP contribution in [0.3, 0.4) is 0 Å². The zero-order valence-electron chi connectivity index (χ0n) is 11.2. The molecule has 0 aliphatic carbocycles. The molecule has 4 nitrogen and oxygen atoms in total. The standard InChI is InChI=1S/C16H12N4S/c17-12-21-16-15(14-9-5-2-6-10-14)20(19-18-16)11-13-7-3-1-4-8-13/h1-10H,11H2. The normalized spacial score (nSPS) is 10.2. The third kappa shape index (κ3) is 2.96. The Bertz CT molecular complexity index is 760. The van der Waals surface area contributed by atoms with Crippen molar-refractivity contribution < 1.29 is 0 Å².